The van der Waals surface area contributed by atoms with Gasteiger partial charge in [-0.3, -0.25) is 0 Å². The van der Waals surface area contributed by atoms with Crippen molar-refractivity contribution in [3.05, 3.63) is 35.9 Å². The second-order valence-corrected chi connectivity index (χ2v) is 8.42. The Morgan fingerprint density at radius 3 is 2.38 bits per heavy atom. The number of nitrogens with two attached hydrogens (primary N) is 1. The number of nitrogens with one attached hydrogen (secondary N) is 1. The van der Waals surface area contributed by atoms with E-state index < -0.39 is 9.33 Å². The number of rotatable bonds is 4. The number of halogens is 4. The van der Waals surface area contributed by atoms with Crippen LogP contribution in [0.2, 0.25) is 0 Å². The monoisotopic (exact) mass is 419 g/mol. The first-order valence-corrected chi connectivity index (χ1v) is 9.08. The topological polar surface area (TPSA) is 86.0 Å². The Morgan fingerprint density at radius 1 is 1.12 bits per heavy atom. The van der Waals surface area contributed by atoms with Crippen LogP contribution in [0.25, 0.3) is 11.4 Å². The van der Waals surface area contributed by atoms with Crippen LogP contribution in [0.3, 0.4) is 0 Å². The molecule has 6 nitrogen and oxygen atoms in total. The molecule has 0 atom stereocenters. The first-order chi connectivity index (χ1) is 12.3. The van der Waals surface area contributed by atoms with E-state index >= 15 is 0 Å². The van der Waals surface area contributed by atoms with Gasteiger partial charge >= 0.3 is 0 Å². The standard InChI is InChI=1S/C16H17Cl3FN5O/c17-16(18,19)13-23-12(10-1-3-11(20)4-2-10)24-14(25-13)22-9-15(21)5-7-26-8-6-15/h1-4H,5-9,21H2,(H,22,23,24,25). The Balaban J connectivity index is 1.88. The molecule has 0 unspecified atom stereocenters. The van der Waals surface area contributed by atoms with Crippen molar-refractivity contribution in [1.29, 1.82) is 0 Å². The maximum atomic E-state index is 13.2. The minimum absolute atomic E-state index is 0.0302. The molecule has 1 aliphatic rings. The summed E-state index contributed by atoms with van der Waals surface area (Å²) in [6.45, 7) is 1.65. The summed E-state index contributed by atoms with van der Waals surface area (Å²) in [7, 11) is 0. The summed E-state index contributed by atoms with van der Waals surface area (Å²) in [5.41, 5.74) is 6.50. The van der Waals surface area contributed by atoms with Gasteiger partial charge in [-0.2, -0.15) is 9.97 Å². The van der Waals surface area contributed by atoms with E-state index in [1.807, 2.05) is 0 Å². The molecule has 140 valence electrons. The Bertz CT molecular complexity index is 763. The fourth-order valence-electron chi connectivity index (χ4n) is 2.52. The SMILES string of the molecule is NC1(CNc2nc(-c3ccc(F)cc3)nc(C(Cl)(Cl)Cl)n2)CCOCC1. The van der Waals surface area contributed by atoms with Gasteiger partial charge in [-0.15, -0.1) is 0 Å². The summed E-state index contributed by atoms with van der Waals surface area (Å²) >= 11 is 17.8. The molecule has 2 aromatic rings. The van der Waals surface area contributed by atoms with Crippen molar-refractivity contribution in [2.75, 3.05) is 25.1 Å². The lowest BCUT2D eigenvalue weighted by Gasteiger charge is -2.33. The number of ether oxygens (including phenoxy) is 1. The molecule has 0 saturated carbocycles. The van der Waals surface area contributed by atoms with Crippen LogP contribution in [0.5, 0.6) is 0 Å². The van der Waals surface area contributed by atoms with Crippen molar-refractivity contribution in [2.24, 2.45) is 5.73 Å². The first kappa shape index (κ1) is 19.5. The van der Waals surface area contributed by atoms with Crippen LogP contribution in [0.15, 0.2) is 24.3 Å². The molecule has 0 bridgehead atoms. The molecule has 0 radical (unpaired) electrons. The number of benzene rings is 1. The minimum atomic E-state index is -1.83. The summed E-state index contributed by atoms with van der Waals surface area (Å²) < 4.78 is 16.7. The zero-order valence-electron chi connectivity index (χ0n) is 13.7. The molecule has 3 rings (SSSR count). The van der Waals surface area contributed by atoms with Crippen LogP contribution in [-0.2, 0) is 8.53 Å². The molecular formula is C16H17Cl3FN5O. The molecule has 3 N–H and O–H groups in total. The normalized spacial score (nSPS) is 17.1. The van der Waals surface area contributed by atoms with Gasteiger partial charge in [0.1, 0.15) is 5.82 Å². The number of alkyl halides is 3. The number of hydrogen-bond donors (Lipinski definition) is 2. The highest BCUT2D eigenvalue weighted by Crippen LogP contribution is 2.36. The van der Waals surface area contributed by atoms with Gasteiger partial charge in [0.05, 0.1) is 0 Å². The van der Waals surface area contributed by atoms with Gasteiger partial charge in [0, 0.05) is 30.9 Å². The summed E-state index contributed by atoms with van der Waals surface area (Å²) in [6.07, 6.45) is 1.43. The number of nitrogens with zero attached hydrogens (tertiary/aromatic N) is 3. The van der Waals surface area contributed by atoms with E-state index in [9.17, 15) is 4.39 Å². The average Bonchev–Trinajstić information content (AvgIpc) is 2.60. The van der Waals surface area contributed by atoms with E-state index in [0.29, 0.717) is 38.2 Å². The Hall–Kier alpha value is -1.25. The predicted octanol–water partition coefficient (Wildman–Crippen LogP) is 3.42. The van der Waals surface area contributed by atoms with Crippen LogP contribution in [0.4, 0.5) is 10.3 Å². The molecule has 0 spiro atoms. The highest BCUT2D eigenvalue weighted by atomic mass is 35.6. The van der Waals surface area contributed by atoms with Crippen molar-refractivity contribution in [3.63, 3.8) is 0 Å². The van der Waals surface area contributed by atoms with Crippen LogP contribution in [-0.4, -0.2) is 40.2 Å². The fourth-order valence-corrected chi connectivity index (χ4v) is 2.77. The van der Waals surface area contributed by atoms with Gasteiger partial charge in [-0.25, -0.2) is 9.37 Å². The molecule has 10 heteroatoms. The van der Waals surface area contributed by atoms with Crippen molar-refractivity contribution in [2.45, 2.75) is 22.2 Å². The molecule has 1 aromatic heterocycles. The van der Waals surface area contributed by atoms with Gasteiger partial charge in [-0.1, -0.05) is 34.8 Å². The van der Waals surface area contributed by atoms with E-state index in [2.05, 4.69) is 20.3 Å². The zero-order chi connectivity index (χ0) is 18.8. The third-order valence-corrected chi connectivity index (χ3v) is 4.59. The Labute approximate surface area is 165 Å². The van der Waals surface area contributed by atoms with E-state index in [4.69, 9.17) is 45.3 Å². The highest BCUT2D eigenvalue weighted by Gasteiger charge is 2.30. The van der Waals surface area contributed by atoms with Crippen molar-refractivity contribution < 1.29 is 9.13 Å². The molecular weight excluding hydrogens is 404 g/mol. The van der Waals surface area contributed by atoms with E-state index in [1.54, 1.807) is 12.1 Å². The van der Waals surface area contributed by atoms with Crippen molar-refractivity contribution in [1.82, 2.24) is 15.0 Å². The predicted molar refractivity (Wildman–Crippen MR) is 99.9 cm³/mol. The van der Waals surface area contributed by atoms with Crippen LogP contribution in [0.1, 0.15) is 18.7 Å². The van der Waals surface area contributed by atoms with Gasteiger partial charge in [0.25, 0.3) is 0 Å². The second kappa shape index (κ2) is 7.78. The van der Waals surface area contributed by atoms with Crippen molar-refractivity contribution in [3.8, 4) is 11.4 Å². The van der Waals surface area contributed by atoms with Gasteiger partial charge in [-0.05, 0) is 37.1 Å². The molecule has 1 aromatic carbocycles. The van der Waals surface area contributed by atoms with Crippen molar-refractivity contribution >= 4 is 40.8 Å². The summed E-state index contributed by atoms with van der Waals surface area (Å²) in [5, 5.41) is 3.10. The van der Waals surface area contributed by atoms with E-state index in [0.717, 1.165) is 0 Å². The number of hydrogen-bond acceptors (Lipinski definition) is 6. The minimum Gasteiger partial charge on any atom is -0.381 e. The smallest absolute Gasteiger partial charge is 0.250 e. The fraction of sp³-hybridized carbons (Fsp3) is 0.438. The van der Waals surface area contributed by atoms with E-state index in [1.165, 1.54) is 12.1 Å². The first-order valence-electron chi connectivity index (χ1n) is 7.95. The number of aromatic nitrogens is 3. The summed E-state index contributed by atoms with van der Waals surface area (Å²) in [5.74, 6) is 0.101. The maximum absolute atomic E-state index is 13.2. The van der Waals surface area contributed by atoms with E-state index in [-0.39, 0.29) is 23.4 Å². The Kier molecular flexibility index (Phi) is 5.84. The van der Waals surface area contributed by atoms with Gasteiger partial charge < -0.3 is 15.8 Å². The second-order valence-electron chi connectivity index (χ2n) is 6.14. The third kappa shape index (κ3) is 4.92. The quantitative estimate of drug-likeness (QED) is 0.737. The highest BCUT2D eigenvalue weighted by molar-refractivity contribution is 6.66. The van der Waals surface area contributed by atoms with Gasteiger partial charge in [0.2, 0.25) is 9.74 Å². The number of anilines is 1. The molecule has 26 heavy (non-hydrogen) atoms. The van der Waals surface area contributed by atoms with Crippen LogP contribution in [0, 0.1) is 5.82 Å². The average molecular weight is 421 g/mol. The maximum Gasteiger partial charge on any atom is 0.250 e. The lowest BCUT2D eigenvalue weighted by Crippen LogP contribution is -2.50. The molecule has 0 amide bonds. The molecule has 1 fully saturated rings. The zero-order valence-corrected chi connectivity index (χ0v) is 16.0. The molecule has 2 heterocycles. The third-order valence-electron chi connectivity index (χ3n) is 4.08. The van der Waals surface area contributed by atoms with Gasteiger partial charge in [0.15, 0.2) is 11.6 Å². The largest absolute Gasteiger partial charge is 0.381 e. The van der Waals surface area contributed by atoms with Crippen LogP contribution >= 0.6 is 34.8 Å². The summed E-state index contributed by atoms with van der Waals surface area (Å²) in [4.78, 5) is 12.7. The lowest BCUT2D eigenvalue weighted by atomic mass is 9.91. The molecule has 0 aliphatic carbocycles. The molecule has 1 saturated heterocycles. The van der Waals surface area contributed by atoms with Crippen LogP contribution < -0.4 is 11.1 Å². The summed E-state index contributed by atoms with van der Waals surface area (Å²) in [6, 6.07) is 5.69. The Morgan fingerprint density at radius 2 is 1.77 bits per heavy atom. The lowest BCUT2D eigenvalue weighted by molar-refractivity contribution is 0.0574. The molecule has 1 aliphatic heterocycles.